The molecule has 1 aliphatic heterocycles. The molecule has 1 saturated heterocycles. The molecule has 0 unspecified atom stereocenters. The Morgan fingerprint density at radius 2 is 2.04 bits per heavy atom. The first-order valence-electron chi connectivity index (χ1n) is 8.64. The highest BCUT2D eigenvalue weighted by atomic mass is 32.1. The van der Waals surface area contributed by atoms with E-state index in [0.717, 1.165) is 29.4 Å². The zero-order valence-corrected chi connectivity index (χ0v) is 16.3. The van der Waals surface area contributed by atoms with E-state index in [4.69, 9.17) is 21.7 Å². The van der Waals surface area contributed by atoms with Gasteiger partial charge in [-0.05, 0) is 30.8 Å². The van der Waals surface area contributed by atoms with Gasteiger partial charge in [-0.1, -0.05) is 30.3 Å². The van der Waals surface area contributed by atoms with Crippen molar-refractivity contribution in [2.45, 2.75) is 13.3 Å². The third-order valence-electron chi connectivity index (χ3n) is 4.02. The van der Waals surface area contributed by atoms with Crippen molar-refractivity contribution in [1.29, 1.82) is 0 Å². The van der Waals surface area contributed by atoms with Crippen LogP contribution in [0.4, 0.5) is 5.00 Å². The molecule has 0 radical (unpaired) electrons. The van der Waals surface area contributed by atoms with Gasteiger partial charge in [-0.25, -0.2) is 4.79 Å². The van der Waals surface area contributed by atoms with Crippen LogP contribution in [0.15, 0.2) is 36.4 Å². The molecule has 1 fully saturated rings. The summed E-state index contributed by atoms with van der Waals surface area (Å²) in [5, 5.41) is 4.60. The van der Waals surface area contributed by atoms with E-state index in [1.54, 1.807) is 18.3 Å². The molecule has 0 saturated carbocycles. The lowest BCUT2D eigenvalue weighted by molar-refractivity contribution is 0.0528. The van der Waals surface area contributed by atoms with E-state index in [2.05, 4.69) is 22.3 Å². The van der Waals surface area contributed by atoms with Crippen molar-refractivity contribution in [3.8, 4) is 0 Å². The van der Waals surface area contributed by atoms with Gasteiger partial charge in [-0.2, -0.15) is 0 Å². The van der Waals surface area contributed by atoms with E-state index in [1.807, 2.05) is 24.3 Å². The molecule has 5 nitrogen and oxygen atoms in total. The zero-order chi connectivity index (χ0) is 18.4. The molecule has 138 valence electrons. The lowest BCUT2D eigenvalue weighted by atomic mass is 10.1. The van der Waals surface area contributed by atoms with Crippen molar-refractivity contribution in [1.82, 2.24) is 4.90 Å². The van der Waals surface area contributed by atoms with Crippen LogP contribution in [-0.4, -0.2) is 48.9 Å². The minimum atomic E-state index is -0.324. The minimum Gasteiger partial charge on any atom is -0.462 e. The smallest absolute Gasteiger partial charge is 0.341 e. The van der Waals surface area contributed by atoms with Crippen molar-refractivity contribution in [2.75, 3.05) is 38.2 Å². The normalized spacial score (nSPS) is 14.1. The Morgan fingerprint density at radius 3 is 2.73 bits per heavy atom. The van der Waals surface area contributed by atoms with Gasteiger partial charge in [0.1, 0.15) is 5.00 Å². The standard InChI is InChI=1S/C19H22N2O3S2/c1-2-24-18(22)16-13-15(12-14-6-4-3-5-7-14)26-17(16)20-19(25)21-8-10-23-11-9-21/h3-7,13H,2,8-12H2,1H3,(H,20,25). The molecule has 1 aromatic heterocycles. The molecule has 0 atom stereocenters. The monoisotopic (exact) mass is 390 g/mol. The minimum absolute atomic E-state index is 0.324. The fourth-order valence-electron chi connectivity index (χ4n) is 2.72. The van der Waals surface area contributed by atoms with Crippen LogP contribution in [0.3, 0.4) is 0 Å². The number of benzene rings is 1. The Bertz CT molecular complexity index is 755. The number of anilines is 1. The lowest BCUT2D eigenvalue weighted by Gasteiger charge is -2.29. The molecule has 1 N–H and O–H groups in total. The number of hydrogen-bond acceptors (Lipinski definition) is 5. The molecular weight excluding hydrogens is 368 g/mol. The molecule has 26 heavy (non-hydrogen) atoms. The summed E-state index contributed by atoms with van der Waals surface area (Å²) in [6.45, 7) is 4.98. The number of esters is 1. The number of thiocarbonyl (C=S) groups is 1. The second-order valence-electron chi connectivity index (χ2n) is 5.87. The maximum absolute atomic E-state index is 12.4. The van der Waals surface area contributed by atoms with E-state index >= 15 is 0 Å². The average Bonchev–Trinajstić information content (AvgIpc) is 3.05. The lowest BCUT2D eigenvalue weighted by Crippen LogP contribution is -2.42. The van der Waals surface area contributed by atoms with Gasteiger partial charge in [-0.3, -0.25) is 0 Å². The Morgan fingerprint density at radius 1 is 1.31 bits per heavy atom. The highest BCUT2D eigenvalue weighted by Crippen LogP contribution is 2.31. The first kappa shape index (κ1) is 18.8. The first-order valence-corrected chi connectivity index (χ1v) is 9.87. The van der Waals surface area contributed by atoms with E-state index in [9.17, 15) is 4.79 Å². The number of nitrogens with zero attached hydrogens (tertiary/aromatic N) is 1. The van der Waals surface area contributed by atoms with Gasteiger partial charge in [0.25, 0.3) is 0 Å². The van der Waals surface area contributed by atoms with Gasteiger partial charge >= 0.3 is 5.97 Å². The first-order chi connectivity index (χ1) is 12.7. The van der Waals surface area contributed by atoms with Crippen LogP contribution in [0.5, 0.6) is 0 Å². The van der Waals surface area contributed by atoms with Crippen LogP contribution >= 0.6 is 23.6 Å². The molecule has 7 heteroatoms. The molecule has 3 rings (SSSR count). The summed E-state index contributed by atoms with van der Waals surface area (Å²) < 4.78 is 10.6. The van der Waals surface area contributed by atoms with Crippen LogP contribution in [0.25, 0.3) is 0 Å². The van der Waals surface area contributed by atoms with Gasteiger partial charge in [0, 0.05) is 24.4 Å². The summed E-state index contributed by atoms with van der Waals surface area (Å²) in [6.07, 6.45) is 0.768. The fraction of sp³-hybridized carbons (Fsp3) is 0.368. The molecule has 0 aliphatic carbocycles. The predicted molar refractivity (Wildman–Crippen MR) is 108 cm³/mol. The topological polar surface area (TPSA) is 50.8 Å². The zero-order valence-electron chi connectivity index (χ0n) is 14.7. The molecule has 1 aliphatic rings. The van der Waals surface area contributed by atoms with Crippen molar-refractivity contribution >= 4 is 39.6 Å². The quantitative estimate of drug-likeness (QED) is 0.622. The molecule has 0 spiro atoms. The number of nitrogens with one attached hydrogen (secondary N) is 1. The number of hydrogen-bond donors (Lipinski definition) is 1. The number of rotatable bonds is 5. The van der Waals surface area contributed by atoms with Gasteiger partial charge in [-0.15, -0.1) is 11.3 Å². The molecule has 0 bridgehead atoms. The average molecular weight is 391 g/mol. The number of carbonyl (C=O) groups is 1. The summed E-state index contributed by atoms with van der Waals surface area (Å²) in [5.74, 6) is -0.324. The molecule has 0 amide bonds. The predicted octanol–water partition coefficient (Wildman–Crippen LogP) is 3.54. The van der Waals surface area contributed by atoms with Crippen LogP contribution in [0, 0.1) is 0 Å². The summed E-state index contributed by atoms with van der Waals surface area (Å²) in [5.41, 5.74) is 1.74. The second kappa shape index (κ2) is 9.12. The van der Waals surface area contributed by atoms with Crippen molar-refractivity contribution in [2.24, 2.45) is 0 Å². The molecule has 1 aromatic carbocycles. The highest BCUT2D eigenvalue weighted by Gasteiger charge is 2.21. The van der Waals surface area contributed by atoms with E-state index in [0.29, 0.717) is 30.5 Å². The number of morpholine rings is 1. The molecule has 2 aromatic rings. The molecular formula is C19H22N2O3S2. The van der Waals surface area contributed by atoms with Crippen molar-refractivity contribution in [3.63, 3.8) is 0 Å². The molecule has 2 heterocycles. The van der Waals surface area contributed by atoms with E-state index < -0.39 is 0 Å². The van der Waals surface area contributed by atoms with Gasteiger partial charge in [0.05, 0.1) is 25.4 Å². The number of carbonyl (C=O) groups excluding carboxylic acids is 1. The van der Waals surface area contributed by atoms with E-state index in [1.165, 1.54) is 5.56 Å². The van der Waals surface area contributed by atoms with Crippen molar-refractivity contribution in [3.05, 3.63) is 52.4 Å². The largest absolute Gasteiger partial charge is 0.462 e. The summed E-state index contributed by atoms with van der Waals surface area (Å²) in [6, 6.07) is 12.1. The van der Waals surface area contributed by atoms with Crippen LogP contribution < -0.4 is 5.32 Å². The Labute approximate surface area is 162 Å². The summed E-state index contributed by atoms with van der Waals surface area (Å²) in [7, 11) is 0. The number of ether oxygens (including phenoxy) is 2. The summed E-state index contributed by atoms with van der Waals surface area (Å²) in [4.78, 5) is 15.5. The SMILES string of the molecule is CCOC(=O)c1cc(Cc2ccccc2)sc1NC(=S)N1CCOCC1. The fourth-order valence-corrected chi connectivity index (χ4v) is 4.15. The van der Waals surface area contributed by atoms with Crippen LogP contribution in [-0.2, 0) is 15.9 Å². The maximum atomic E-state index is 12.4. The highest BCUT2D eigenvalue weighted by molar-refractivity contribution is 7.80. The van der Waals surface area contributed by atoms with Gasteiger partial charge in [0.15, 0.2) is 5.11 Å². The second-order valence-corrected chi connectivity index (χ2v) is 7.39. The number of thiophene rings is 1. The Kier molecular flexibility index (Phi) is 6.60. The third kappa shape index (κ3) is 4.81. The van der Waals surface area contributed by atoms with Crippen molar-refractivity contribution < 1.29 is 14.3 Å². The van der Waals surface area contributed by atoms with Crippen LogP contribution in [0.1, 0.15) is 27.7 Å². The van der Waals surface area contributed by atoms with Crippen LogP contribution in [0.2, 0.25) is 0 Å². The summed E-state index contributed by atoms with van der Waals surface area (Å²) >= 11 is 7.06. The van der Waals surface area contributed by atoms with Gasteiger partial charge in [0.2, 0.25) is 0 Å². The van der Waals surface area contributed by atoms with Gasteiger partial charge < -0.3 is 19.7 Å². The van der Waals surface area contributed by atoms with E-state index in [-0.39, 0.29) is 5.97 Å². The maximum Gasteiger partial charge on any atom is 0.341 e. The Hall–Kier alpha value is -1.96. The Balaban J connectivity index is 1.79. The third-order valence-corrected chi connectivity index (χ3v) is 5.43.